The van der Waals surface area contributed by atoms with Crippen molar-refractivity contribution in [3.05, 3.63) is 59.9 Å². The first-order valence-corrected chi connectivity index (χ1v) is 11.7. The highest BCUT2D eigenvalue weighted by Gasteiger charge is 2.27. The van der Waals surface area contributed by atoms with Crippen LogP contribution in [0.15, 0.2) is 53.4 Å². The molecule has 0 radical (unpaired) electrons. The van der Waals surface area contributed by atoms with E-state index in [9.17, 15) is 17.6 Å². The molecule has 1 aliphatic carbocycles. The molecular weight excluding hydrogens is 405 g/mol. The van der Waals surface area contributed by atoms with E-state index in [4.69, 9.17) is 4.18 Å². The number of hydrogen-bond donors (Lipinski definition) is 0. The van der Waals surface area contributed by atoms with E-state index in [1.807, 2.05) is 11.0 Å². The summed E-state index contributed by atoms with van der Waals surface area (Å²) in [5, 5.41) is 0. The Bertz CT molecular complexity index is 967. The van der Waals surface area contributed by atoms with Gasteiger partial charge < -0.3 is 9.08 Å². The molecule has 0 N–H and O–H groups in total. The Hall–Kier alpha value is -2.41. The highest BCUT2D eigenvalue weighted by molar-refractivity contribution is 7.87. The summed E-state index contributed by atoms with van der Waals surface area (Å²) < 4.78 is 43.2. The van der Waals surface area contributed by atoms with E-state index in [2.05, 4.69) is 13.8 Å². The summed E-state index contributed by atoms with van der Waals surface area (Å²) in [7, 11) is -4.07. The molecule has 1 amide bonds. The number of hydrogen-bond acceptors (Lipinski definition) is 4. The average Bonchev–Trinajstić information content (AvgIpc) is 3.21. The summed E-state index contributed by atoms with van der Waals surface area (Å²) in [6.07, 6.45) is 4.06. The molecule has 162 valence electrons. The van der Waals surface area contributed by atoms with E-state index in [0.717, 1.165) is 43.4 Å². The van der Waals surface area contributed by atoms with Crippen molar-refractivity contribution >= 4 is 16.0 Å². The van der Waals surface area contributed by atoms with Crippen LogP contribution in [0.3, 0.4) is 0 Å². The maximum atomic E-state index is 13.1. The van der Waals surface area contributed by atoms with Crippen molar-refractivity contribution in [3.8, 4) is 5.75 Å². The minimum Gasteiger partial charge on any atom is -0.379 e. The number of rotatable bonds is 8. The van der Waals surface area contributed by atoms with Crippen LogP contribution >= 0.6 is 0 Å². The fourth-order valence-corrected chi connectivity index (χ4v) is 4.72. The van der Waals surface area contributed by atoms with Crippen LogP contribution in [0, 0.1) is 17.7 Å². The molecule has 0 aliphatic heterocycles. The fraction of sp³-hybridized carbons (Fsp3) is 0.435. The smallest absolute Gasteiger partial charge is 0.339 e. The summed E-state index contributed by atoms with van der Waals surface area (Å²) in [6, 6.07) is 11.2. The van der Waals surface area contributed by atoms with Gasteiger partial charge in [-0.15, -0.1) is 0 Å². The van der Waals surface area contributed by atoms with Crippen LogP contribution < -0.4 is 4.18 Å². The zero-order chi connectivity index (χ0) is 21.7. The van der Waals surface area contributed by atoms with E-state index >= 15 is 0 Å². The molecule has 0 aromatic heterocycles. The second-order valence-electron chi connectivity index (χ2n) is 8.23. The fourth-order valence-electron chi connectivity index (χ4n) is 3.80. The third-order valence-electron chi connectivity index (χ3n) is 5.18. The van der Waals surface area contributed by atoms with Gasteiger partial charge in [0.2, 0.25) is 5.91 Å². The van der Waals surface area contributed by atoms with E-state index in [0.29, 0.717) is 19.0 Å². The van der Waals surface area contributed by atoms with Crippen LogP contribution in [-0.4, -0.2) is 25.8 Å². The molecule has 0 saturated heterocycles. The quantitative estimate of drug-likeness (QED) is 0.563. The Labute approximate surface area is 178 Å². The average molecular weight is 434 g/mol. The van der Waals surface area contributed by atoms with Gasteiger partial charge in [0.15, 0.2) is 0 Å². The van der Waals surface area contributed by atoms with Crippen LogP contribution in [0.5, 0.6) is 5.75 Å². The van der Waals surface area contributed by atoms with E-state index in [1.165, 1.54) is 12.1 Å². The van der Waals surface area contributed by atoms with E-state index in [-0.39, 0.29) is 22.5 Å². The van der Waals surface area contributed by atoms with Crippen molar-refractivity contribution in [3.63, 3.8) is 0 Å². The molecule has 30 heavy (non-hydrogen) atoms. The summed E-state index contributed by atoms with van der Waals surface area (Å²) in [4.78, 5) is 14.7. The topological polar surface area (TPSA) is 63.7 Å². The van der Waals surface area contributed by atoms with Crippen molar-refractivity contribution in [2.75, 3.05) is 6.54 Å². The molecule has 2 aromatic carbocycles. The van der Waals surface area contributed by atoms with Gasteiger partial charge in [0, 0.05) is 19.0 Å². The SMILES string of the molecule is CC(C)CN(Cc1cccc(OS(=O)(=O)c2ccc(F)cc2)c1)C(=O)C1CCCC1. The summed E-state index contributed by atoms with van der Waals surface area (Å²) in [5.74, 6) is 0.227. The van der Waals surface area contributed by atoms with Gasteiger partial charge in [-0.05, 0) is 60.7 Å². The minimum atomic E-state index is -4.07. The van der Waals surface area contributed by atoms with Gasteiger partial charge in [0.05, 0.1) is 0 Å². The van der Waals surface area contributed by atoms with Crippen molar-refractivity contribution in [1.29, 1.82) is 0 Å². The van der Waals surface area contributed by atoms with Crippen LogP contribution in [0.4, 0.5) is 4.39 Å². The zero-order valence-corrected chi connectivity index (χ0v) is 18.2. The number of carbonyl (C=O) groups is 1. The largest absolute Gasteiger partial charge is 0.379 e. The first-order chi connectivity index (χ1) is 14.2. The Kier molecular flexibility index (Phi) is 7.13. The van der Waals surface area contributed by atoms with Crippen LogP contribution in [0.25, 0.3) is 0 Å². The molecule has 5 nitrogen and oxygen atoms in total. The van der Waals surface area contributed by atoms with Gasteiger partial charge >= 0.3 is 10.1 Å². The summed E-state index contributed by atoms with van der Waals surface area (Å²) in [6.45, 7) is 5.20. The monoisotopic (exact) mass is 433 g/mol. The highest BCUT2D eigenvalue weighted by atomic mass is 32.2. The number of halogens is 1. The number of benzene rings is 2. The van der Waals surface area contributed by atoms with Crippen LogP contribution in [0.2, 0.25) is 0 Å². The Morgan fingerprint density at radius 1 is 1.13 bits per heavy atom. The number of carbonyl (C=O) groups excluding carboxylic acids is 1. The molecule has 0 spiro atoms. The maximum absolute atomic E-state index is 13.1. The minimum absolute atomic E-state index is 0.0852. The van der Waals surface area contributed by atoms with Gasteiger partial charge in [-0.2, -0.15) is 8.42 Å². The molecule has 1 fully saturated rings. The molecule has 1 aliphatic rings. The predicted molar refractivity (Wildman–Crippen MR) is 113 cm³/mol. The number of nitrogens with zero attached hydrogens (tertiary/aromatic N) is 1. The first kappa shape index (κ1) is 22.3. The zero-order valence-electron chi connectivity index (χ0n) is 17.4. The summed E-state index contributed by atoms with van der Waals surface area (Å²) in [5.41, 5.74) is 0.800. The normalized spacial score (nSPS) is 14.8. The van der Waals surface area contributed by atoms with E-state index in [1.54, 1.807) is 18.2 Å². The van der Waals surface area contributed by atoms with Crippen LogP contribution in [0.1, 0.15) is 45.1 Å². The third kappa shape index (κ3) is 5.81. The standard InChI is InChI=1S/C23H28FNO4S/c1-17(2)15-25(23(26)19-7-3-4-8-19)16-18-6-5-9-21(14-18)29-30(27,28)22-12-10-20(24)11-13-22/h5-6,9-14,17,19H,3-4,7-8,15-16H2,1-2H3. The lowest BCUT2D eigenvalue weighted by atomic mass is 10.0. The Morgan fingerprint density at radius 3 is 2.43 bits per heavy atom. The van der Waals surface area contributed by atoms with Gasteiger partial charge in [0.25, 0.3) is 0 Å². The van der Waals surface area contributed by atoms with Crippen molar-refractivity contribution in [1.82, 2.24) is 4.90 Å². The molecule has 2 aromatic rings. The second kappa shape index (κ2) is 9.60. The molecule has 0 unspecified atom stereocenters. The molecule has 1 saturated carbocycles. The van der Waals surface area contributed by atoms with Crippen molar-refractivity contribution < 1.29 is 21.8 Å². The second-order valence-corrected chi connectivity index (χ2v) is 9.78. The van der Waals surface area contributed by atoms with Gasteiger partial charge in [0.1, 0.15) is 16.5 Å². The van der Waals surface area contributed by atoms with Crippen molar-refractivity contribution in [2.45, 2.75) is 51.0 Å². The van der Waals surface area contributed by atoms with Gasteiger partial charge in [-0.1, -0.05) is 38.8 Å². The molecule has 3 rings (SSSR count). The highest BCUT2D eigenvalue weighted by Crippen LogP contribution is 2.28. The molecule has 0 heterocycles. The van der Waals surface area contributed by atoms with Gasteiger partial charge in [-0.3, -0.25) is 4.79 Å². The predicted octanol–water partition coefficient (Wildman–Crippen LogP) is 4.77. The Balaban J connectivity index is 1.75. The molecular formula is C23H28FNO4S. The lowest BCUT2D eigenvalue weighted by Gasteiger charge is -2.27. The lowest BCUT2D eigenvalue weighted by Crippen LogP contribution is -2.37. The first-order valence-electron chi connectivity index (χ1n) is 10.3. The summed E-state index contributed by atoms with van der Waals surface area (Å²) >= 11 is 0. The van der Waals surface area contributed by atoms with E-state index < -0.39 is 15.9 Å². The third-order valence-corrected chi connectivity index (χ3v) is 6.44. The number of amides is 1. The molecule has 0 atom stereocenters. The van der Waals surface area contributed by atoms with Crippen molar-refractivity contribution in [2.24, 2.45) is 11.8 Å². The molecule has 7 heteroatoms. The molecule has 0 bridgehead atoms. The Morgan fingerprint density at radius 2 is 1.80 bits per heavy atom. The van der Waals surface area contributed by atoms with Crippen LogP contribution in [-0.2, 0) is 21.5 Å². The lowest BCUT2D eigenvalue weighted by molar-refractivity contribution is -0.136. The van der Waals surface area contributed by atoms with Gasteiger partial charge in [-0.25, -0.2) is 4.39 Å². The maximum Gasteiger partial charge on any atom is 0.339 e.